The SMILES string of the molecule is CC[C@H](C)[C@@H](N)c1nnc(SCC(=O)O)n1Cc1ccc(C)cc1. The van der Waals surface area contributed by atoms with Crippen LogP contribution in [0.2, 0.25) is 0 Å². The van der Waals surface area contributed by atoms with Crippen molar-refractivity contribution in [1.29, 1.82) is 0 Å². The van der Waals surface area contributed by atoms with Gasteiger partial charge in [0.1, 0.15) is 0 Å². The van der Waals surface area contributed by atoms with Gasteiger partial charge in [-0.1, -0.05) is 61.9 Å². The maximum absolute atomic E-state index is 10.9. The molecule has 1 aromatic carbocycles. The molecule has 0 radical (unpaired) electrons. The predicted octanol–water partition coefficient (Wildman–Crippen LogP) is 2.86. The lowest BCUT2D eigenvalue weighted by molar-refractivity contribution is -0.133. The minimum Gasteiger partial charge on any atom is -0.481 e. The summed E-state index contributed by atoms with van der Waals surface area (Å²) in [6.07, 6.45) is 0.941. The van der Waals surface area contributed by atoms with Gasteiger partial charge in [0, 0.05) is 0 Å². The average molecular weight is 348 g/mol. The number of aliphatic carboxylic acids is 1. The first-order chi connectivity index (χ1) is 11.4. The van der Waals surface area contributed by atoms with Crippen molar-refractivity contribution in [3.63, 3.8) is 0 Å². The van der Waals surface area contributed by atoms with Crippen LogP contribution in [-0.4, -0.2) is 31.6 Å². The Kier molecular flexibility index (Phi) is 6.39. The predicted molar refractivity (Wildman–Crippen MR) is 95.0 cm³/mol. The molecular formula is C17H24N4O2S. The zero-order valence-electron chi connectivity index (χ0n) is 14.3. The van der Waals surface area contributed by atoms with E-state index in [1.165, 1.54) is 17.3 Å². The molecule has 6 nitrogen and oxygen atoms in total. The Hall–Kier alpha value is -1.86. The van der Waals surface area contributed by atoms with Crippen LogP contribution >= 0.6 is 11.8 Å². The molecule has 0 aliphatic rings. The van der Waals surface area contributed by atoms with Crippen LogP contribution in [0.4, 0.5) is 0 Å². The molecule has 7 heteroatoms. The zero-order valence-corrected chi connectivity index (χ0v) is 15.1. The first-order valence-corrected chi connectivity index (χ1v) is 8.99. The maximum Gasteiger partial charge on any atom is 0.313 e. The Labute approximate surface area is 146 Å². The Balaban J connectivity index is 2.33. The van der Waals surface area contributed by atoms with E-state index in [9.17, 15) is 4.79 Å². The summed E-state index contributed by atoms with van der Waals surface area (Å²) in [6, 6.07) is 7.99. The van der Waals surface area contributed by atoms with Gasteiger partial charge in [-0.05, 0) is 18.4 Å². The van der Waals surface area contributed by atoms with Gasteiger partial charge in [-0.2, -0.15) is 0 Å². The number of nitrogens with zero attached hydrogens (tertiary/aromatic N) is 3. The first kappa shape index (κ1) is 18.5. The van der Waals surface area contributed by atoms with E-state index in [1.54, 1.807) is 0 Å². The van der Waals surface area contributed by atoms with Crippen LogP contribution in [0.1, 0.15) is 43.3 Å². The van der Waals surface area contributed by atoms with Crippen molar-refractivity contribution in [1.82, 2.24) is 14.8 Å². The number of benzene rings is 1. The van der Waals surface area contributed by atoms with Crippen LogP contribution in [0.3, 0.4) is 0 Å². The minimum atomic E-state index is -0.877. The van der Waals surface area contributed by atoms with Gasteiger partial charge in [0.25, 0.3) is 0 Å². The Morgan fingerprint density at radius 3 is 2.58 bits per heavy atom. The summed E-state index contributed by atoms with van der Waals surface area (Å²) < 4.78 is 1.94. The number of carbonyl (C=O) groups is 1. The normalized spacial score (nSPS) is 13.7. The summed E-state index contributed by atoms with van der Waals surface area (Å²) in [7, 11) is 0. The molecule has 0 bridgehead atoms. The highest BCUT2D eigenvalue weighted by Crippen LogP contribution is 2.26. The van der Waals surface area contributed by atoms with Crippen molar-refractivity contribution < 1.29 is 9.90 Å². The molecule has 24 heavy (non-hydrogen) atoms. The molecule has 3 N–H and O–H groups in total. The Morgan fingerprint density at radius 2 is 2.00 bits per heavy atom. The van der Waals surface area contributed by atoms with Gasteiger partial charge in [0.15, 0.2) is 11.0 Å². The molecule has 0 aliphatic heterocycles. The summed E-state index contributed by atoms with van der Waals surface area (Å²) in [4.78, 5) is 10.9. The van der Waals surface area contributed by atoms with Crippen molar-refractivity contribution in [2.24, 2.45) is 11.7 Å². The number of carboxylic acid groups (broad SMARTS) is 1. The molecule has 2 atom stereocenters. The fourth-order valence-electron chi connectivity index (χ4n) is 2.31. The van der Waals surface area contributed by atoms with Gasteiger partial charge in [-0.25, -0.2) is 0 Å². The number of thioether (sulfide) groups is 1. The van der Waals surface area contributed by atoms with E-state index in [2.05, 4.69) is 48.3 Å². The van der Waals surface area contributed by atoms with Gasteiger partial charge >= 0.3 is 5.97 Å². The summed E-state index contributed by atoms with van der Waals surface area (Å²) >= 11 is 1.17. The number of carboxylic acids is 1. The molecule has 0 saturated heterocycles. The fraction of sp³-hybridized carbons (Fsp3) is 0.471. The van der Waals surface area contributed by atoms with Gasteiger partial charge in [0.2, 0.25) is 0 Å². The van der Waals surface area contributed by atoms with Crippen LogP contribution in [0.25, 0.3) is 0 Å². The van der Waals surface area contributed by atoms with Crippen LogP contribution in [0.15, 0.2) is 29.4 Å². The Bertz CT molecular complexity index is 684. The molecule has 0 fully saturated rings. The third kappa shape index (κ3) is 4.58. The highest BCUT2D eigenvalue weighted by atomic mass is 32.2. The molecule has 0 spiro atoms. The van der Waals surface area contributed by atoms with E-state index in [0.717, 1.165) is 12.0 Å². The van der Waals surface area contributed by atoms with Gasteiger partial charge in [0.05, 0.1) is 18.3 Å². The van der Waals surface area contributed by atoms with Gasteiger partial charge < -0.3 is 15.4 Å². The summed E-state index contributed by atoms with van der Waals surface area (Å²) in [5.41, 5.74) is 8.65. The van der Waals surface area contributed by atoms with Crippen molar-refractivity contribution in [2.45, 2.75) is 44.9 Å². The smallest absolute Gasteiger partial charge is 0.313 e. The van der Waals surface area contributed by atoms with E-state index in [0.29, 0.717) is 17.5 Å². The second kappa shape index (κ2) is 8.30. The topological polar surface area (TPSA) is 94.0 Å². The van der Waals surface area contributed by atoms with Crippen LogP contribution in [0.5, 0.6) is 0 Å². The zero-order chi connectivity index (χ0) is 17.7. The van der Waals surface area contributed by atoms with E-state index < -0.39 is 5.97 Å². The van der Waals surface area contributed by atoms with Crippen LogP contribution in [-0.2, 0) is 11.3 Å². The Morgan fingerprint density at radius 1 is 1.33 bits per heavy atom. The third-order valence-corrected chi connectivity index (χ3v) is 5.04. The number of nitrogens with two attached hydrogens (primary N) is 1. The van der Waals surface area contributed by atoms with Crippen LogP contribution in [0, 0.1) is 12.8 Å². The number of aromatic nitrogens is 3. The highest BCUT2D eigenvalue weighted by Gasteiger charge is 2.23. The molecule has 0 aliphatic carbocycles. The molecule has 2 rings (SSSR count). The number of rotatable bonds is 8. The maximum atomic E-state index is 10.9. The monoisotopic (exact) mass is 348 g/mol. The van der Waals surface area contributed by atoms with E-state index >= 15 is 0 Å². The van der Waals surface area contributed by atoms with Crippen molar-refractivity contribution in [3.05, 3.63) is 41.2 Å². The lowest BCUT2D eigenvalue weighted by atomic mass is 9.99. The van der Waals surface area contributed by atoms with E-state index in [1.807, 2.05) is 11.5 Å². The van der Waals surface area contributed by atoms with Crippen LogP contribution < -0.4 is 5.73 Å². The van der Waals surface area contributed by atoms with E-state index in [4.69, 9.17) is 10.8 Å². The summed E-state index contributed by atoms with van der Waals surface area (Å²) in [5, 5.41) is 17.9. The fourth-order valence-corrected chi connectivity index (χ4v) is 2.98. The second-order valence-electron chi connectivity index (χ2n) is 6.01. The number of aryl methyl sites for hydroxylation is 1. The average Bonchev–Trinajstić information content (AvgIpc) is 2.96. The summed E-state index contributed by atoms with van der Waals surface area (Å²) in [5.74, 6) is 0.0451. The van der Waals surface area contributed by atoms with Gasteiger partial charge in [-0.15, -0.1) is 10.2 Å². The van der Waals surface area contributed by atoms with Crippen molar-refractivity contribution >= 4 is 17.7 Å². The largest absolute Gasteiger partial charge is 0.481 e. The lowest BCUT2D eigenvalue weighted by Crippen LogP contribution is -2.23. The quantitative estimate of drug-likeness (QED) is 0.713. The van der Waals surface area contributed by atoms with Crippen molar-refractivity contribution in [3.8, 4) is 0 Å². The number of hydrogen-bond donors (Lipinski definition) is 2. The minimum absolute atomic E-state index is 0.0510. The molecule has 0 unspecified atom stereocenters. The molecule has 2 aromatic rings. The molecule has 1 heterocycles. The highest BCUT2D eigenvalue weighted by molar-refractivity contribution is 7.99. The molecule has 1 aromatic heterocycles. The number of hydrogen-bond acceptors (Lipinski definition) is 5. The molecule has 0 saturated carbocycles. The third-order valence-electron chi connectivity index (χ3n) is 4.09. The first-order valence-electron chi connectivity index (χ1n) is 8.01. The molecular weight excluding hydrogens is 324 g/mol. The van der Waals surface area contributed by atoms with Crippen molar-refractivity contribution in [2.75, 3.05) is 5.75 Å². The second-order valence-corrected chi connectivity index (χ2v) is 6.95. The lowest BCUT2D eigenvalue weighted by Gasteiger charge is -2.19. The van der Waals surface area contributed by atoms with E-state index in [-0.39, 0.29) is 17.7 Å². The standard InChI is InChI=1S/C17H24N4O2S/c1-4-12(3)15(18)16-19-20-17(24-10-14(22)23)21(16)9-13-7-5-11(2)6-8-13/h5-8,12,15H,4,9-10,18H2,1-3H3,(H,22,23)/t12-,15+/m0/s1. The van der Waals surface area contributed by atoms with Gasteiger partial charge in [-0.3, -0.25) is 4.79 Å². The summed E-state index contributed by atoms with van der Waals surface area (Å²) in [6.45, 7) is 6.79. The molecule has 0 amide bonds. The molecule has 130 valence electrons.